The van der Waals surface area contributed by atoms with Crippen molar-refractivity contribution in [3.8, 4) is 5.75 Å². The molecule has 0 radical (unpaired) electrons. The van der Waals surface area contributed by atoms with E-state index >= 15 is 0 Å². The first-order valence-corrected chi connectivity index (χ1v) is 8.19. The Morgan fingerprint density at radius 1 is 1.12 bits per heavy atom. The summed E-state index contributed by atoms with van der Waals surface area (Å²) in [6.07, 6.45) is 0. The zero-order chi connectivity index (χ0) is 18.7. The quantitative estimate of drug-likeness (QED) is 0.696. The van der Waals surface area contributed by atoms with Gasteiger partial charge in [-0.2, -0.15) is 0 Å². The summed E-state index contributed by atoms with van der Waals surface area (Å²) in [6, 6.07) is 11.9. The van der Waals surface area contributed by atoms with E-state index in [2.05, 4.69) is 5.32 Å². The van der Waals surface area contributed by atoms with Gasteiger partial charge >= 0.3 is 5.97 Å². The monoisotopic (exact) mass is 353 g/mol. The van der Waals surface area contributed by atoms with Gasteiger partial charge in [0.05, 0.1) is 19.3 Å². The van der Waals surface area contributed by atoms with Crippen LogP contribution in [0.5, 0.6) is 5.75 Å². The number of anilines is 1. The molecule has 0 aliphatic rings. The number of carbonyl (C=O) groups excluding carboxylic acids is 2. The number of furan rings is 1. The second-order valence-corrected chi connectivity index (χ2v) is 5.67. The lowest BCUT2D eigenvalue weighted by Crippen LogP contribution is -2.12. The molecule has 0 aliphatic heterocycles. The molecule has 1 amide bonds. The maximum absolute atomic E-state index is 12.6. The molecule has 6 heteroatoms. The van der Waals surface area contributed by atoms with E-state index in [4.69, 9.17) is 13.9 Å². The standard InChI is InChI=1S/C20H19NO5/c1-4-25-20(23)13-5-7-14(8-6-13)21-19(22)18-12(2)16-11-15(24-3)9-10-17(16)26-18/h5-11H,4H2,1-3H3,(H,21,22). The molecule has 0 aliphatic carbocycles. The van der Waals surface area contributed by atoms with Gasteiger partial charge in [-0.05, 0) is 56.3 Å². The number of fused-ring (bicyclic) bond motifs is 1. The number of nitrogens with one attached hydrogen (secondary N) is 1. The van der Waals surface area contributed by atoms with Crippen LogP contribution in [0.25, 0.3) is 11.0 Å². The molecular weight excluding hydrogens is 334 g/mol. The minimum Gasteiger partial charge on any atom is -0.497 e. The number of hydrogen-bond acceptors (Lipinski definition) is 5. The molecule has 0 saturated carbocycles. The van der Waals surface area contributed by atoms with Crippen LogP contribution in [-0.2, 0) is 4.74 Å². The Kier molecular flexibility index (Phi) is 4.93. The van der Waals surface area contributed by atoms with E-state index in [1.54, 1.807) is 50.4 Å². The fourth-order valence-electron chi connectivity index (χ4n) is 2.64. The van der Waals surface area contributed by atoms with Crippen molar-refractivity contribution in [3.63, 3.8) is 0 Å². The Morgan fingerprint density at radius 2 is 1.85 bits per heavy atom. The van der Waals surface area contributed by atoms with E-state index in [-0.39, 0.29) is 11.7 Å². The van der Waals surface area contributed by atoms with Crippen molar-refractivity contribution < 1.29 is 23.5 Å². The van der Waals surface area contributed by atoms with Crippen LogP contribution in [0, 0.1) is 6.92 Å². The van der Waals surface area contributed by atoms with Gasteiger partial charge in [0, 0.05) is 16.6 Å². The maximum atomic E-state index is 12.6. The number of aryl methyl sites for hydroxylation is 1. The molecule has 6 nitrogen and oxygen atoms in total. The number of amides is 1. The van der Waals surface area contributed by atoms with Crippen molar-refractivity contribution >= 4 is 28.5 Å². The summed E-state index contributed by atoms with van der Waals surface area (Å²) in [5, 5.41) is 3.60. The summed E-state index contributed by atoms with van der Waals surface area (Å²) in [5.41, 5.74) is 2.34. The van der Waals surface area contributed by atoms with Crippen LogP contribution < -0.4 is 10.1 Å². The van der Waals surface area contributed by atoms with Gasteiger partial charge in [-0.15, -0.1) is 0 Å². The molecule has 0 unspecified atom stereocenters. The topological polar surface area (TPSA) is 77.8 Å². The van der Waals surface area contributed by atoms with Crippen LogP contribution in [0.1, 0.15) is 33.4 Å². The molecule has 1 N–H and O–H groups in total. The SMILES string of the molecule is CCOC(=O)c1ccc(NC(=O)c2oc3ccc(OC)cc3c2C)cc1. The lowest BCUT2D eigenvalue weighted by molar-refractivity contribution is 0.0526. The lowest BCUT2D eigenvalue weighted by Gasteiger charge is -2.05. The largest absolute Gasteiger partial charge is 0.497 e. The Balaban J connectivity index is 1.81. The third kappa shape index (κ3) is 3.39. The zero-order valence-electron chi connectivity index (χ0n) is 14.8. The summed E-state index contributed by atoms with van der Waals surface area (Å²) in [5.74, 6) is 0.180. The molecule has 3 rings (SSSR count). The zero-order valence-corrected chi connectivity index (χ0v) is 14.8. The summed E-state index contributed by atoms with van der Waals surface area (Å²) in [4.78, 5) is 24.2. The van der Waals surface area contributed by atoms with Crippen LogP contribution in [0.3, 0.4) is 0 Å². The molecule has 0 fully saturated rings. The summed E-state index contributed by atoms with van der Waals surface area (Å²) < 4.78 is 15.8. The molecule has 1 heterocycles. The van der Waals surface area contributed by atoms with Crippen molar-refractivity contribution in [2.45, 2.75) is 13.8 Å². The highest BCUT2D eigenvalue weighted by atomic mass is 16.5. The van der Waals surface area contributed by atoms with E-state index in [1.807, 2.05) is 13.0 Å². The molecule has 1 aromatic heterocycles. The number of esters is 1. The van der Waals surface area contributed by atoms with Crippen molar-refractivity contribution in [2.24, 2.45) is 0 Å². The number of carbonyl (C=O) groups is 2. The molecule has 3 aromatic rings. The number of hydrogen-bond donors (Lipinski definition) is 1. The fourth-order valence-corrected chi connectivity index (χ4v) is 2.64. The number of ether oxygens (including phenoxy) is 2. The average Bonchev–Trinajstić information content (AvgIpc) is 2.98. The lowest BCUT2D eigenvalue weighted by atomic mass is 10.1. The molecule has 26 heavy (non-hydrogen) atoms. The first-order valence-electron chi connectivity index (χ1n) is 8.19. The van der Waals surface area contributed by atoms with Gasteiger partial charge < -0.3 is 19.2 Å². The Labute approximate surface area is 150 Å². The number of rotatable bonds is 5. The van der Waals surface area contributed by atoms with Gasteiger partial charge in [0.15, 0.2) is 5.76 Å². The van der Waals surface area contributed by atoms with E-state index in [9.17, 15) is 9.59 Å². The summed E-state index contributed by atoms with van der Waals surface area (Å²) in [6.45, 7) is 3.88. The van der Waals surface area contributed by atoms with Crippen LogP contribution in [0.15, 0.2) is 46.9 Å². The number of benzene rings is 2. The predicted molar refractivity (Wildman–Crippen MR) is 97.9 cm³/mol. The third-order valence-electron chi connectivity index (χ3n) is 4.00. The highest BCUT2D eigenvalue weighted by molar-refractivity contribution is 6.06. The molecule has 0 bridgehead atoms. The molecule has 0 spiro atoms. The minimum absolute atomic E-state index is 0.239. The molecule has 2 aromatic carbocycles. The van der Waals surface area contributed by atoms with E-state index in [1.165, 1.54) is 0 Å². The highest BCUT2D eigenvalue weighted by Crippen LogP contribution is 2.29. The van der Waals surface area contributed by atoms with Crippen molar-refractivity contribution in [1.82, 2.24) is 0 Å². The Bertz CT molecular complexity index is 956. The van der Waals surface area contributed by atoms with Gasteiger partial charge in [-0.1, -0.05) is 0 Å². The summed E-state index contributed by atoms with van der Waals surface area (Å²) in [7, 11) is 1.59. The van der Waals surface area contributed by atoms with Gasteiger partial charge in [-0.3, -0.25) is 4.79 Å². The average molecular weight is 353 g/mol. The van der Waals surface area contributed by atoms with Gasteiger partial charge in [-0.25, -0.2) is 4.79 Å². The Morgan fingerprint density at radius 3 is 2.50 bits per heavy atom. The second-order valence-electron chi connectivity index (χ2n) is 5.67. The van der Waals surface area contributed by atoms with Gasteiger partial charge in [0.25, 0.3) is 5.91 Å². The van der Waals surface area contributed by atoms with Crippen LogP contribution in [0.2, 0.25) is 0 Å². The van der Waals surface area contributed by atoms with Crippen LogP contribution >= 0.6 is 0 Å². The van der Waals surface area contributed by atoms with Crippen LogP contribution in [-0.4, -0.2) is 25.6 Å². The van der Waals surface area contributed by atoms with E-state index in [0.29, 0.717) is 29.2 Å². The molecular formula is C20H19NO5. The van der Waals surface area contributed by atoms with Gasteiger partial charge in [0.1, 0.15) is 11.3 Å². The first-order chi connectivity index (χ1) is 12.5. The highest BCUT2D eigenvalue weighted by Gasteiger charge is 2.18. The molecule has 134 valence electrons. The van der Waals surface area contributed by atoms with E-state index < -0.39 is 5.97 Å². The Hall–Kier alpha value is -3.28. The van der Waals surface area contributed by atoms with Crippen molar-refractivity contribution in [3.05, 3.63) is 59.4 Å². The second kappa shape index (κ2) is 7.31. The van der Waals surface area contributed by atoms with Gasteiger partial charge in [0.2, 0.25) is 0 Å². The molecule has 0 atom stereocenters. The minimum atomic E-state index is -0.396. The maximum Gasteiger partial charge on any atom is 0.338 e. The normalized spacial score (nSPS) is 10.6. The smallest absolute Gasteiger partial charge is 0.338 e. The number of methoxy groups -OCH3 is 1. The molecule has 0 saturated heterocycles. The van der Waals surface area contributed by atoms with Crippen molar-refractivity contribution in [1.29, 1.82) is 0 Å². The third-order valence-corrected chi connectivity index (χ3v) is 4.00. The van der Waals surface area contributed by atoms with Crippen LogP contribution in [0.4, 0.5) is 5.69 Å². The fraction of sp³-hybridized carbons (Fsp3) is 0.200. The first kappa shape index (κ1) is 17.5. The van der Waals surface area contributed by atoms with E-state index in [0.717, 1.165) is 10.9 Å². The summed E-state index contributed by atoms with van der Waals surface area (Å²) >= 11 is 0. The van der Waals surface area contributed by atoms with Crippen molar-refractivity contribution in [2.75, 3.05) is 19.0 Å². The predicted octanol–water partition coefficient (Wildman–Crippen LogP) is 4.18.